The van der Waals surface area contributed by atoms with Gasteiger partial charge in [-0.2, -0.15) is 13.2 Å². The van der Waals surface area contributed by atoms with Gasteiger partial charge in [-0.15, -0.1) is 0 Å². The van der Waals surface area contributed by atoms with E-state index in [9.17, 15) is 22.4 Å². The topological polar surface area (TPSA) is 66.9 Å². The number of nitrogens with zero attached hydrogens (tertiary/aromatic N) is 2. The molecule has 148 valence electrons. The van der Waals surface area contributed by atoms with E-state index in [1.165, 1.54) is 6.20 Å². The summed E-state index contributed by atoms with van der Waals surface area (Å²) in [5.41, 5.74) is 1.54. The van der Waals surface area contributed by atoms with Crippen LogP contribution in [0.2, 0.25) is 0 Å². The Morgan fingerprint density at radius 1 is 1.14 bits per heavy atom. The minimum Gasteiger partial charge on any atom is -0.350 e. The number of nitrogens with one attached hydrogen (secondary N) is 2. The van der Waals surface area contributed by atoms with Crippen LogP contribution in [-0.4, -0.2) is 15.9 Å². The van der Waals surface area contributed by atoms with E-state index in [4.69, 9.17) is 0 Å². The molecule has 2 heterocycles. The highest BCUT2D eigenvalue weighted by Crippen LogP contribution is 2.33. The fourth-order valence-electron chi connectivity index (χ4n) is 3.12. The Labute approximate surface area is 162 Å². The molecule has 29 heavy (non-hydrogen) atoms. The fraction of sp³-hybridized carbons (Fsp3) is 0.150. The molecule has 1 amide bonds. The zero-order chi connectivity index (χ0) is 20.6. The molecule has 0 saturated heterocycles. The average Bonchev–Trinajstić information content (AvgIpc) is 2.80. The van der Waals surface area contributed by atoms with Gasteiger partial charge >= 0.3 is 6.18 Å². The van der Waals surface area contributed by atoms with Crippen LogP contribution in [0.4, 0.5) is 29.2 Å². The quantitative estimate of drug-likeness (QED) is 0.637. The Hall–Kier alpha value is -3.49. The standard InChI is InChI=1S/C20H14F4N4O/c21-14-6-11(5-13(8-14)20(22,23)24)9-25-19-26-10-12-7-17(29)27-16-4-2-1-3-15(16)18(12)28-19/h1-6,8,10H,7,9H2,(H,27,29)(H,25,26,28). The molecule has 0 aliphatic carbocycles. The maximum absolute atomic E-state index is 13.6. The highest BCUT2D eigenvalue weighted by Gasteiger charge is 2.31. The van der Waals surface area contributed by atoms with E-state index >= 15 is 0 Å². The maximum atomic E-state index is 13.6. The molecule has 0 radical (unpaired) electrons. The van der Waals surface area contributed by atoms with Gasteiger partial charge in [0.2, 0.25) is 11.9 Å². The normalized spacial score (nSPS) is 13.2. The van der Waals surface area contributed by atoms with Crippen LogP contribution in [0.1, 0.15) is 16.7 Å². The third kappa shape index (κ3) is 4.03. The van der Waals surface area contributed by atoms with Crippen molar-refractivity contribution in [3.63, 3.8) is 0 Å². The molecule has 0 atom stereocenters. The zero-order valence-corrected chi connectivity index (χ0v) is 14.8. The van der Waals surface area contributed by atoms with Crippen molar-refractivity contribution in [3.8, 4) is 11.3 Å². The predicted octanol–water partition coefficient (Wildman–Crippen LogP) is 4.41. The average molecular weight is 402 g/mol. The molecule has 5 nitrogen and oxygen atoms in total. The third-order valence-corrected chi connectivity index (χ3v) is 4.41. The van der Waals surface area contributed by atoms with Crippen LogP contribution >= 0.6 is 0 Å². The van der Waals surface area contributed by atoms with Crippen LogP contribution in [0.15, 0.2) is 48.7 Å². The first-order valence-corrected chi connectivity index (χ1v) is 8.65. The molecule has 2 N–H and O–H groups in total. The number of amides is 1. The summed E-state index contributed by atoms with van der Waals surface area (Å²) >= 11 is 0. The lowest BCUT2D eigenvalue weighted by Crippen LogP contribution is -2.13. The molecular weight excluding hydrogens is 388 g/mol. The Balaban J connectivity index is 1.62. The van der Waals surface area contributed by atoms with Crippen molar-refractivity contribution >= 4 is 17.5 Å². The number of para-hydroxylation sites is 1. The van der Waals surface area contributed by atoms with Crippen LogP contribution in [-0.2, 0) is 23.9 Å². The first-order valence-electron chi connectivity index (χ1n) is 8.65. The third-order valence-electron chi connectivity index (χ3n) is 4.41. The first-order chi connectivity index (χ1) is 13.8. The van der Waals surface area contributed by atoms with E-state index in [1.54, 1.807) is 24.3 Å². The smallest absolute Gasteiger partial charge is 0.350 e. The highest BCUT2D eigenvalue weighted by molar-refractivity contribution is 5.99. The van der Waals surface area contributed by atoms with Crippen molar-refractivity contribution in [2.75, 3.05) is 10.6 Å². The first kappa shape index (κ1) is 18.9. The van der Waals surface area contributed by atoms with Gasteiger partial charge < -0.3 is 10.6 Å². The van der Waals surface area contributed by atoms with Crippen LogP contribution < -0.4 is 10.6 Å². The van der Waals surface area contributed by atoms with Gasteiger partial charge in [-0.3, -0.25) is 4.79 Å². The Morgan fingerprint density at radius 2 is 1.93 bits per heavy atom. The van der Waals surface area contributed by atoms with Gasteiger partial charge in [0, 0.05) is 23.9 Å². The summed E-state index contributed by atoms with van der Waals surface area (Å²) in [6.45, 7) is -0.0988. The summed E-state index contributed by atoms with van der Waals surface area (Å²) < 4.78 is 52.2. The van der Waals surface area contributed by atoms with Crippen molar-refractivity contribution in [1.29, 1.82) is 0 Å². The van der Waals surface area contributed by atoms with E-state index in [-0.39, 0.29) is 30.4 Å². The Bertz CT molecular complexity index is 1100. The summed E-state index contributed by atoms with van der Waals surface area (Å²) in [5, 5.41) is 5.62. The summed E-state index contributed by atoms with van der Waals surface area (Å²) in [6, 6.07) is 9.49. The van der Waals surface area contributed by atoms with E-state index in [0.717, 1.165) is 12.1 Å². The summed E-state index contributed by atoms with van der Waals surface area (Å²) in [4.78, 5) is 20.6. The van der Waals surface area contributed by atoms with Gasteiger partial charge in [0.15, 0.2) is 0 Å². The van der Waals surface area contributed by atoms with Crippen molar-refractivity contribution in [2.45, 2.75) is 19.1 Å². The van der Waals surface area contributed by atoms with E-state index in [2.05, 4.69) is 20.6 Å². The number of hydrogen-bond donors (Lipinski definition) is 2. The van der Waals surface area contributed by atoms with Gasteiger partial charge in [-0.05, 0) is 29.8 Å². The maximum Gasteiger partial charge on any atom is 0.416 e. The molecule has 4 rings (SSSR count). The van der Waals surface area contributed by atoms with Crippen LogP contribution in [0.25, 0.3) is 11.3 Å². The van der Waals surface area contributed by atoms with Crippen LogP contribution in [0, 0.1) is 5.82 Å². The van der Waals surface area contributed by atoms with Crippen LogP contribution in [0.5, 0.6) is 0 Å². The molecule has 3 aromatic rings. The van der Waals surface area contributed by atoms with Gasteiger partial charge in [0.25, 0.3) is 0 Å². The monoisotopic (exact) mass is 402 g/mol. The second kappa shape index (κ2) is 7.16. The minimum atomic E-state index is -4.64. The number of benzene rings is 2. The van der Waals surface area contributed by atoms with Crippen molar-refractivity contribution in [3.05, 3.63) is 71.2 Å². The Morgan fingerprint density at radius 3 is 2.72 bits per heavy atom. The van der Waals surface area contributed by atoms with Gasteiger partial charge in [0.05, 0.1) is 23.4 Å². The number of alkyl halides is 3. The van der Waals surface area contributed by atoms with Gasteiger partial charge in [0.1, 0.15) is 5.82 Å². The number of aromatic nitrogens is 2. The number of hydrogen-bond acceptors (Lipinski definition) is 4. The largest absolute Gasteiger partial charge is 0.416 e. The van der Waals surface area contributed by atoms with E-state index in [1.807, 2.05) is 0 Å². The van der Waals surface area contributed by atoms with Crippen LogP contribution in [0.3, 0.4) is 0 Å². The number of fused-ring (bicyclic) bond motifs is 3. The lowest BCUT2D eigenvalue weighted by molar-refractivity contribution is -0.137. The molecule has 1 aromatic heterocycles. The summed E-state index contributed by atoms with van der Waals surface area (Å²) in [7, 11) is 0. The molecule has 1 aliphatic heterocycles. The molecule has 2 aromatic carbocycles. The fourth-order valence-corrected chi connectivity index (χ4v) is 3.12. The van der Waals surface area contributed by atoms with Gasteiger partial charge in [-0.1, -0.05) is 18.2 Å². The number of rotatable bonds is 3. The molecule has 9 heteroatoms. The van der Waals surface area contributed by atoms with Crippen molar-refractivity contribution in [1.82, 2.24) is 9.97 Å². The number of carbonyl (C=O) groups is 1. The zero-order valence-electron chi connectivity index (χ0n) is 14.8. The summed E-state index contributed by atoms with van der Waals surface area (Å²) in [5.74, 6) is -1.01. The lowest BCUT2D eigenvalue weighted by atomic mass is 10.1. The highest BCUT2D eigenvalue weighted by atomic mass is 19.4. The lowest BCUT2D eigenvalue weighted by Gasteiger charge is -2.12. The summed E-state index contributed by atoms with van der Waals surface area (Å²) in [6.07, 6.45) is -3.04. The molecular formula is C20H14F4N4O. The number of halogens is 4. The van der Waals surface area contributed by atoms with E-state index in [0.29, 0.717) is 28.6 Å². The molecule has 0 fully saturated rings. The second-order valence-electron chi connectivity index (χ2n) is 6.54. The Kier molecular flexibility index (Phi) is 4.65. The van der Waals surface area contributed by atoms with Crippen molar-refractivity contribution in [2.24, 2.45) is 0 Å². The second-order valence-corrected chi connectivity index (χ2v) is 6.54. The molecule has 0 spiro atoms. The minimum absolute atomic E-state index is 0.0988. The predicted molar refractivity (Wildman–Crippen MR) is 98.5 cm³/mol. The molecule has 1 aliphatic rings. The SMILES string of the molecule is O=C1Cc2cnc(NCc3cc(F)cc(C(F)(F)F)c3)nc2-c2ccccc2N1. The number of anilines is 2. The van der Waals surface area contributed by atoms with E-state index < -0.39 is 17.6 Å². The van der Waals surface area contributed by atoms with Gasteiger partial charge in [-0.25, -0.2) is 14.4 Å². The molecule has 0 bridgehead atoms. The van der Waals surface area contributed by atoms with Crippen molar-refractivity contribution < 1.29 is 22.4 Å². The molecule has 0 saturated carbocycles. The number of carbonyl (C=O) groups excluding carboxylic acids is 1. The molecule has 0 unspecified atom stereocenters.